The van der Waals surface area contributed by atoms with Crippen LogP contribution in [0.5, 0.6) is 11.5 Å². The summed E-state index contributed by atoms with van der Waals surface area (Å²) in [5.74, 6) is 1.50. The van der Waals surface area contributed by atoms with Crippen LogP contribution in [0.1, 0.15) is 18.1 Å². The average molecular weight is 553 g/mol. The van der Waals surface area contributed by atoms with Gasteiger partial charge in [0.1, 0.15) is 24.2 Å². The summed E-state index contributed by atoms with van der Waals surface area (Å²) in [6.07, 6.45) is -5.28. The number of hydrogen-bond donors (Lipinski definition) is 3. The second kappa shape index (κ2) is 13.3. The Morgan fingerprint density at radius 3 is 2.39 bits per heavy atom. The van der Waals surface area contributed by atoms with Crippen LogP contribution in [0, 0.1) is 0 Å². The Morgan fingerprint density at radius 1 is 1.10 bits per heavy atom. The minimum absolute atomic E-state index is 0. The second-order valence-corrected chi connectivity index (χ2v) is 6.37. The van der Waals surface area contributed by atoms with Gasteiger partial charge in [0.25, 0.3) is 0 Å². The number of aliphatic hydroxyl groups excluding tert-OH is 1. The van der Waals surface area contributed by atoms with Crippen molar-refractivity contribution in [3.63, 3.8) is 0 Å². The van der Waals surface area contributed by atoms with Crippen molar-refractivity contribution in [2.24, 2.45) is 4.99 Å². The number of alkyl halides is 3. The Bertz CT molecular complexity index is 818. The Kier molecular flexibility index (Phi) is 11.5. The van der Waals surface area contributed by atoms with Crippen LogP contribution in [0.2, 0.25) is 0 Å². The van der Waals surface area contributed by atoms with Crippen molar-refractivity contribution in [2.45, 2.75) is 25.7 Å². The molecule has 6 nitrogen and oxygen atoms in total. The van der Waals surface area contributed by atoms with E-state index in [0.717, 1.165) is 23.4 Å². The summed E-state index contributed by atoms with van der Waals surface area (Å²) in [5.41, 5.74) is 0.169. The van der Waals surface area contributed by atoms with E-state index in [9.17, 15) is 18.3 Å². The lowest BCUT2D eigenvalue weighted by Gasteiger charge is -2.16. The number of aliphatic hydroxyl groups is 1. The molecule has 1 unspecified atom stereocenters. The number of guanidine groups is 1. The Morgan fingerprint density at radius 2 is 1.77 bits per heavy atom. The lowest BCUT2D eigenvalue weighted by Crippen LogP contribution is -2.42. The van der Waals surface area contributed by atoms with Crippen molar-refractivity contribution in [3.8, 4) is 11.5 Å². The quantitative estimate of drug-likeness (QED) is 0.250. The first-order valence-corrected chi connectivity index (χ1v) is 9.45. The number of ether oxygens (including phenoxy) is 2. The zero-order chi connectivity index (χ0) is 22.0. The van der Waals surface area contributed by atoms with Crippen LogP contribution in [-0.4, -0.2) is 44.0 Å². The van der Waals surface area contributed by atoms with E-state index in [1.807, 2.05) is 31.2 Å². The molecular formula is C21H27F3IN3O3. The molecule has 0 fully saturated rings. The Hall–Kier alpha value is -2.21. The van der Waals surface area contributed by atoms with Gasteiger partial charge in [0, 0.05) is 18.7 Å². The normalized spacial score (nSPS) is 12.5. The summed E-state index contributed by atoms with van der Waals surface area (Å²) in [6.45, 7) is 3.01. The number of aliphatic imine (C=N–C) groups is 1. The highest BCUT2D eigenvalue weighted by Gasteiger charge is 2.30. The standard InChI is InChI=1S/C21H26F3N3O3.HI/c1-3-25-20(26-12-15-6-4-5-7-19(15)29-2)27-13-17(28)14-30-18-10-8-16(9-11-18)21(22,23)24;/h4-11,17,28H,3,12-14H2,1-2H3,(H2,25,26,27);1H. The van der Waals surface area contributed by atoms with Crippen LogP contribution in [-0.2, 0) is 12.7 Å². The van der Waals surface area contributed by atoms with E-state index in [2.05, 4.69) is 15.6 Å². The molecule has 3 N–H and O–H groups in total. The van der Waals surface area contributed by atoms with Gasteiger partial charge >= 0.3 is 6.18 Å². The third-order valence-electron chi connectivity index (χ3n) is 4.07. The molecule has 2 aromatic rings. The molecular weight excluding hydrogens is 526 g/mol. The van der Waals surface area contributed by atoms with Crippen molar-refractivity contribution in [1.82, 2.24) is 10.6 Å². The number of nitrogens with zero attached hydrogens (tertiary/aromatic N) is 1. The van der Waals surface area contributed by atoms with Gasteiger partial charge in [0.15, 0.2) is 5.96 Å². The van der Waals surface area contributed by atoms with Crippen LogP contribution in [0.25, 0.3) is 0 Å². The van der Waals surface area contributed by atoms with Gasteiger partial charge in [-0.05, 0) is 37.3 Å². The highest BCUT2D eigenvalue weighted by Crippen LogP contribution is 2.30. The van der Waals surface area contributed by atoms with Gasteiger partial charge in [-0.1, -0.05) is 18.2 Å². The Balaban J connectivity index is 0.00000480. The summed E-state index contributed by atoms with van der Waals surface area (Å²) in [4.78, 5) is 4.47. The van der Waals surface area contributed by atoms with Crippen LogP contribution in [0.4, 0.5) is 13.2 Å². The van der Waals surface area contributed by atoms with Crippen LogP contribution < -0.4 is 20.1 Å². The van der Waals surface area contributed by atoms with Crippen LogP contribution in [0.15, 0.2) is 53.5 Å². The summed E-state index contributed by atoms with van der Waals surface area (Å²) in [6, 6.07) is 11.9. The maximum atomic E-state index is 12.6. The van der Waals surface area contributed by atoms with Crippen molar-refractivity contribution in [2.75, 3.05) is 26.8 Å². The third kappa shape index (κ3) is 9.21. The summed E-state index contributed by atoms with van der Waals surface area (Å²) in [7, 11) is 1.60. The fourth-order valence-corrected chi connectivity index (χ4v) is 2.55. The SMILES string of the molecule is CCNC(=NCc1ccccc1OC)NCC(O)COc1ccc(C(F)(F)F)cc1.I. The van der Waals surface area contributed by atoms with E-state index < -0.39 is 17.8 Å². The largest absolute Gasteiger partial charge is 0.496 e. The molecule has 2 rings (SSSR count). The Labute approximate surface area is 196 Å². The second-order valence-electron chi connectivity index (χ2n) is 6.37. The van der Waals surface area contributed by atoms with Gasteiger partial charge < -0.3 is 25.2 Å². The third-order valence-corrected chi connectivity index (χ3v) is 4.07. The maximum absolute atomic E-state index is 12.6. The molecule has 0 aliphatic heterocycles. The lowest BCUT2D eigenvalue weighted by atomic mass is 10.2. The molecule has 2 aromatic carbocycles. The molecule has 31 heavy (non-hydrogen) atoms. The fourth-order valence-electron chi connectivity index (χ4n) is 2.55. The number of para-hydroxylation sites is 1. The predicted molar refractivity (Wildman–Crippen MR) is 124 cm³/mol. The van der Waals surface area contributed by atoms with E-state index in [1.54, 1.807) is 7.11 Å². The molecule has 10 heteroatoms. The molecule has 0 radical (unpaired) electrons. The molecule has 172 valence electrons. The van der Waals surface area contributed by atoms with E-state index in [0.29, 0.717) is 19.0 Å². The molecule has 0 saturated carbocycles. The average Bonchev–Trinajstić information content (AvgIpc) is 2.74. The highest BCUT2D eigenvalue weighted by atomic mass is 127. The maximum Gasteiger partial charge on any atom is 0.416 e. The molecule has 0 saturated heterocycles. The number of methoxy groups -OCH3 is 1. The zero-order valence-corrected chi connectivity index (χ0v) is 19.6. The highest BCUT2D eigenvalue weighted by molar-refractivity contribution is 14.0. The fraction of sp³-hybridized carbons (Fsp3) is 0.381. The topological polar surface area (TPSA) is 75.1 Å². The van der Waals surface area contributed by atoms with Crippen LogP contribution in [0.3, 0.4) is 0 Å². The van der Waals surface area contributed by atoms with Gasteiger partial charge in [0.05, 0.1) is 19.2 Å². The molecule has 1 atom stereocenters. The molecule has 0 aliphatic rings. The van der Waals surface area contributed by atoms with Crippen molar-refractivity contribution < 1.29 is 27.8 Å². The van der Waals surface area contributed by atoms with Crippen LogP contribution >= 0.6 is 24.0 Å². The van der Waals surface area contributed by atoms with E-state index in [1.165, 1.54) is 12.1 Å². The predicted octanol–water partition coefficient (Wildman–Crippen LogP) is 3.83. The number of halogens is 4. The summed E-state index contributed by atoms with van der Waals surface area (Å²) < 4.78 is 48.4. The molecule has 0 bridgehead atoms. The van der Waals surface area contributed by atoms with Gasteiger partial charge in [-0.25, -0.2) is 4.99 Å². The zero-order valence-electron chi connectivity index (χ0n) is 17.3. The van der Waals surface area contributed by atoms with E-state index >= 15 is 0 Å². The minimum Gasteiger partial charge on any atom is -0.496 e. The molecule has 0 spiro atoms. The molecule has 0 amide bonds. The lowest BCUT2D eigenvalue weighted by molar-refractivity contribution is -0.137. The van der Waals surface area contributed by atoms with Crippen molar-refractivity contribution in [1.29, 1.82) is 0 Å². The molecule has 0 heterocycles. The monoisotopic (exact) mass is 553 g/mol. The number of hydrogen-bond acceptors (Lipinski definition) is 4. The number of nitrogens with one attached hydrogen (secondary N) is 2. The van der Waals surface area contributed by atoms with Gasteiger partial charge in [-0.2, -0.15) is 13.2 Å². The van der Waals surface area contributed by atoms with E-state index in [-0.39, 0.29) is 42.9 Å². The first kappa shape index (κ1) is 26.8. The van der Waals surface area contributed by atoms with Crippen molar-refractivity contribution in [3.05, 3.63) is 59.7 Å². The smallest absolute Gasteiger partial charge is 0.416 e. The summed E-state index contributed by atoms with van der Waals surface area (Å²) >= 11 is 0. The summed E-state index contributed by atoms with van der Waals surface area (Å²) in [5, 5.41) is 16.2. The van der Waals surface area contributed by atoms with E-state index in [4.69, 9.17) is 9.47 Å². The first-order chi connectivity index (χ1) is 14.3. The number of benzene rings is 2. The van der Waals surface area contributed by atoms with Crippen molar-refractivity contribution >= 4 is 29.9 Å². The van der Waals surface area contributed by atoms with Gasteiger partial charge in [-0.3, -0.25) is 0 Å². The molecule has 0 aliphatic carbocycles. The minimum atomic E-state index is -4.40. The molecule has 0 aromatic heterocycles. The first-order valence-electron chi connectivity index (χ1n) is 9.45. The van der Waals surface area contributed by atoms with Gasteiger partial charge in [0.2, 0.25) is 0 Å². The number of rotatable bonds is 9. The van der Waals surface area contributed by atoms with Gasteiger partial charge in [-0.15, -0.1) is 24.0 Å².